The Kier molecular flexibility index (Phi) is 12.4. The van der Waals surface area contributed by atoms with E-state index < -0.39 is 10.1 Å². The van der Waals surface area contributed by atoms with Crippen LogP contribution in [-0.2, 0) is 14.5 Å². The second-order valence-electron chi connectivity index (χ2n) is 4.91. The SMILES string of the molecule is CCCCCCCCCCCCC=CS(=O)(=O)OO. The molecule has 0 saturated carbocycles. The fourth-order valence-corrected chi connectivity index (χ4v) is 2.38. The number of unbranched alkanes of at least 4 members (excludes halogenated alkanes) is 10. The van der Waals surface area contributed by atoms with Crippen LogP contribution < -0.4 is 0 Å². The molecule has 5 heteroatoms. The highest BCUT2D eigenvalue weighted by atomic mass is 32.2. The predicted molar refractivity (Wildman–Crippen MR) is 78.2 cm³/mol. The molecule has 114 valence electrons. The van der Waals surface area contributed by atoms with Crippen molar-refractivity contribution in [3.8, 4) is 0 Å². The summed E-state index contributed by atoms with van der Waals surface area (Å²) in [6, 6.07) is 0. The van der Waals surface area contributed by atoms with E-state index in [2.05, 4.69) is 11.3 Å². The molecule has 0 atom stereocenters. The average molecular weight is 292 g/mol. The number of hydrogen-bond donors (Lipinski definition) is 1. The lowest BCUT2D eigenvalue weighted by atomic mass is 10.1. The van der Waals surface area contributed by atoms with Gasteiger partial charge in [-0.2, -0.15) is 8.42 Å². The first-order chi connectivity index (χ1) is 9.12. The van der Waals surface area contributed by atoms with Crippen LogP contribution in [0.1, 0.15) is 77.6 Å². The second kappa shape index (κ2) is 12.6. The minimum atomic E-state index is -3.86. The monoisotopic (exact) mass is 292 g/mol. The van der Waals surface area contributed by atoms with Gasteiger partial charge in [0.05, 0.1) is 5.41 Å². The van der Waals surface area contributed by atoms with Crippen LogP contribution in [0.15, 0.2) is 11.5 Å². The van der Waals surface area contributed by atoms with E-state index in [4.69, 9.17) is 5.26 Å². The zero-order valence-corrected chi connectivity index (χ0v) is 12.8. The Labute approximate surface area is 117 Å². The van der Waals surface area contributed by atoms with Crippen molar-refractivity contribution in [3.63, 3.8) is 0 Å². The van der Waals surface area contributed by atoms with Crippen LogP contribution in [-0.4, -0.2) is 13.7 Å². The van der Waals surface area contributed by atoms with Crippen molar-refractivity contribution in [2.45, 2.75) is 77.6 Å². The summed E-state index contributed by atoms with van der Waals surface area (Å²) in [5.74, 6) is 0. The largest absolute Gasteiger partial charge is 0.315 e. The van der Waals surface area contributed by atoms with Gasteiger partial charge in [-0.25, -0.2) is 5.26 Å². The molecule has 0 fully saturated rings. The van der Waals surface area contributed by atoms with Crippen molar-refractivity contribution in [2.75, 3.05) is 0 Å². The summed E-state index contributed by atoms with van der Waals surface area (Å²) in [6.45, 7) is 2.23. The third kappa shape index (κ3) is 13.8. The minimum absolute atomic E-state index is 0.707. The van der Waals surface area contributed by atoms with E-state index in [1.165, 1.54) is 57.4 Å². The van der Waals surface area contributed by atoms with Crippen LogP contribution >= 0.6 is 0 Å². The Balaban J connectivity index is 3.24. The molecule has 0 aromatic heterocycles. The molecule has 0 aromatic carbocycles. The van der Waals surface area contributed by atoms with Crippen LogP contribution in [0, 0.1) is 0 Å². The van der Waals surface area contributed by atoms with Gasteiger partial charge < -0.3 is 0 Å². The third-order valence-corrected chi connectivity index (χ3v) is 3.82. The Morgan fingerprint density at radius 3 is 1.84 bits per heavy atom. The van der Waals surface area contributed by atoms with Gasteiger partial charge in [0.15, 0.2) is 0 Å². The summed E-state index contributed by atoms with van der Waals surface area (Å²) in [5.41, 5.74) is 0. The second-order valence-corrected chi connectivity index (χ2v) is 6.32. The van der Waals surface area contributed by atoms with E-state index in [0.29, 0.717) is 6.42 Å². The number of allylic oxidation sites excluding steroid dienone is 1. The highest BCUT2D eigenvalue weighted by molar-refractivity contribution is 7.89. The predicted octanol–water partition coefficient (Wildman–Crippen LogP) is 4.63. The maximum atomic E-state index is 10.7. The fourth-order valence-electron chi connectivity index (χ4n) is 1.96. The van der Waals surface area contributed by atoms with Crippen molar-refractivity contribution in [1.29, 1.82) is 0 Å². The lowest BCUT2D eigenvalue weighted by Gasteiger charge is -2.01. The lowest BCUT2D eigenvalue weighted by Crippen LogP contribution is -1.96. The van der Waals surface area contributed by atoms with Gasteiger partial charge in [-0.05, 0) is 12.8 Å². The Hall–Kier alpha value is -0.390. The zero-order valence-electron chi connectivity index (χ0n) is 12.0. The van der Waals surface area contributed by atoms with Gasteiger partial charge in [0.1, 0.15) is 0 Å². The first kappa shape index (κ1) is 18.6. The topological polar surface area (TPSA) is 63.6 Å². The molecule has 0 saturated heterocycles. The van der Waals surface area contributed by atoms with Crippen molar-refractivity contribution in [3.05, 3.63) is 11.5 Å². The molecule has 4 nitrogen and oxygen atoms in total. The van der Waals surface area contributed by atoms with Crippen LogP contribution in [0.2, 0.25) is 0 Å². The molecule has 0 heterocycles. The molecule has 0 radical (unpaired) electrons. The van der Waals surface area contributed by atoms with Gasteiger partial charge in [-0.15, -0.1) is 4.33 Å². The molecule has 0 spiro atoms. The van der Waals surface area contributed by atoms with Crippen LogP contribution in [0.3, 0.4) is 0 Å². The smallest absolute Gasteiger partial charge is 0.235 e. The van der Waals surface area contributed by atoms with Crippen LogP contribution in [0.5, 0.6) is 0 Å². The van der Waals surface area contributed by atoms with Gasteiger partial charge in [0.25, 0.3) is 0 Å². The quantitative estimate of drug-likeness (QED) is 0.305. The van der Waals surface area contributed by atoms with Crippen molar-refractivity contribution in [1.82, 2.24) is 0 Å². The molecule has 0 aliphatic heterocycles. The highest BCUT2D eigenvalue weighted by Crippen LogP contribution is 2.11. The number of hydrogen-bond acceptors (Lipinski definition) is 4. The van der Waals surface area contributed by atoms with Gasteiger partial charge in [-0.3, -0.25) is 0 Å². The summed E-state index contributed by atoms with van der Waals surface area (Å²) >= 11 is 0. The molecular weight excluding hydrogens is 264 g/mol. The molecule has 0 rings (SSSR count). The molecule has 19 heavy (non-hydrogen) atoms. The maximum absolute atomic E-state index is 10.7. The fraction of sp³-hybridized carbons (Fsp3) is 0.857. The lowest BCUT2D eigenvalue weighted by molar-refractivity contribution is -0.129. The van der Waals surface area contributed by atoms with E-state index in [-0.39, 0.29) is 0 Å². The van der Waals surface area contributed by atoms with Gasteiger partial charge in [0.2, 0.25) is 0 Å². The molecule has 1 N–H and O–H groups in total. The van der Waals surface area contributed by atoms with Gasteiger partial charge >= 0.3 is 10.1 Å². The van der Waals surface area contributed by atoms with E-state index in [1.807, 2.05) is 0 Å². The molecular formula is C14H28O4S. The van der Waals surface area contributed by atoms with E-state index in [0.717, 1.165) is 18.2 Å². The molecule has 0 unspecified atom stereocenters. The first-order valence-corrected chi connectivity index (χ1v) is 8.84. The Morgan fingerprint density at radius 1 is 0.895 bits per heavy atom. The van der Waals surface area contributed by atoms with Crippen LogP contribution in [0.4, 0.5) is 0 Å². The van der Waals surface area contributed by atoms with Crippen LogP contribution in [0.25, 0.3) is 0 Å². The summed E-state index contributed by atoms with van der Waals surface area (Å²) in [4.78, 5) is 0. The standard InChI is InChI=1S/C14H28O4S/c1-2-3-4-5-6-7-8-9-10-11-12-13-14-19(16,17)18-15/h13-15H,2-12H2,1H3. The van der Waals surface area contributed by atoms with Crippen molar-refractivity contribution < 1.29 is 18.0 Å². The van der Waals surface area contributed by atoms with E-state index >= 15 is 0 Å². The van der Waals surface area contributed by atoms with Crippen molar-refractivity contribution in [2.24, 2.45) is 0 Å². The molecule has 0 aliphatic rings. The summed E-state index contributed by atoms with van der Waals surface area (Å²) in [7, 11) is -3.86. The maximum Gasteiger partial charge on any atom is 0.315 e. The van der Waals surface area contributed by atoms with E-state index in [9.17, 15) is 8.42 Å². The minimum Gasteiger partial charge on any atom is -0.235 e. The normalized spacial score (nSPS) is 12.3. The third-order valence-electron chi connectivity index (χ3n) is 3.09. The summed E-state index contributed by atoms with van der Waals surface area (Å²) in [6.07, 6.45) is 14.8. The summed E-state index contributed by atoms with van der Waals surface area (Å²) < 4.78 is 24.8. The molecule has 0 amide bonds. The zero-order chi connectivity index (χ0) is 14.4. The Morgan fingerprint density at radius 2 is 1.37 bits per heavy atom. The number of rotatable bonds is 13. The van der Waals surface area contributed by atoms with E-state index in [1.54, 1.807) is 0 Å². The highest BCUT2D eigenvalue weighted by Gasteiger charge is 2.02. The first-order valence-electron chi connectivity index (χ1n) is 7.37. The molecule has 0 bridgehead atoms. The molecule has 0 aliphatic carbocycles. The van der Waals surface area contributed by atoms with Gasteiger partial charge in [-0.1, -0.05) is 70.8 Å². The average Bonchev–Trinajstić information content (AvgIpc) is 2.40. The Bertz CT molecular complexity index is 309. The van der Waals surface area contributed by atoms with Crippen molar-refractivity contribution >= 4 is 10.1 Å². The summed E-state index contributed by atoms with van der Waals surface area (Å²) in [5, 5.41) is 8.94. The molecule has 0 aromatic rings. The van der Waals surface area contributed by atoms with Gasteiger partial charge in [0, 0.05) is 0 Å².